The van der Waals surface area contributed by atoms with E-state index in [1.54, 1.807) is 14.2 Å². The van der Waals surface area contributed by atoms with Crippen molar-refractivity contribution in [3.8, 4) is 5.75 Å². The molecule has 1 unspecified atom stereocenters. The summed E-state index contributed by atoms with van der Waals surface area (Å²) in [6.45, 7) is 0.502. The zero-order valence-corrected chi connectivity index (χ0v) is 10.4. The lowest BCUT2D eigenvalue weighted by atomic mass is 10.1. The predicted octanol–water partition coefficient (Wildman–Crippen LogP) is 1.61. The molecule has 1 aromatic carbocycles. The van der Waals surface area contributed by atoms with Gasteiger partial charge in [-0.05, 0) is 23.8 Å². The highest BCUT2D eigenvalue weighted by Crippen LogP contribution is 2.27. The second-order valence-corrected chi connectivity index (χ2v) is 3.92. The number of benzene rings is 1. The Labute approximate surface area is 97.8 Å². The van der Waals surface area contributed by atoms with Crippen molar-refractivity contribution in [2.75, 3.05) is 20.8 Å². The Morgan fingerprint density at radius 3 is 2.73 bits per heavy atom. The Hall–Kier alpha value is -0.620. The zero-order chi connectivity index (χ0) is 11.3. The lowest BCUT2D eigenvalue weighted by Crippen LogP contribution is -2.31. The van der Waals surface area contributed by atoms with Crippen LogP contribution in [0, 0.1) is 0 Å². The summed E-state index contributed by atoms with van der Waals surface area (Å²) in [5, 5.41) is 0. The molecule has 0 heterocycles. The largest absolute Gasteiger partial charge is 0.497 e. The van der Waals surface area contributed by atoms with Crippen molar-refractivity contribution in [3.05, 3.63) is 28.2 Å². The van der Waals surface area contributed by atoms with Gasteiger partial charge in [-0.2, -0.15) is 0 Å². The number of hydrogen-bond donors (Lipinski definition) is 2. The molecule has 0 aliphatic heterocycles. The third-order valence-corrected chi connectivity index (χ3v) is 2.84. The average molecular weight is 275 g/mol. The second kappa shape index (κ2) is 6.07. The molecule has 84 valence electrons. The third-order valence-electron chi connectivity index (χ3n) is 2.11. The van der Waals surface area contributed by atoms with Crippen LogP contribution >= 0.6 is 15.9 Å². The molecule has 0 spiro atoms. The summed E-state index contributed by atoms with van der Waals surface area (Å²) < 4.78 is 11.2. The molecule has 0 radical (unpaired) electrons. The van der Waals surface area contributed by atoms with Gasteiger partial charge in [-0.3, -0.25) is 11.3 Å². The topological polar surface area (TPSA) is 56.5 Å². The van der Waals surface area contributed by atoms with Crippen molar-refractivity contribution in [3.63, 3.8) is 0 Å². The highest BCUT2D eigenvalue weighted by atomic mass is 79.9. The van der Waals surface area contributed by atoms with Crippen LogP contribution < -0.4 is 16.0 Å². The van der Waals surface area contributed by atoms with Crippen molar-refractivity contribution in [2.24, 2.45) is 5.84 Å². The Bertz CT molecular complexity index is 320. The SMILES string of the molecule is COCC(NN)c1cc(OC)ccc1Br. The van der Waals surface area contributed by atoms with Crippen LogP contribution in [0.25, 0.3) is 0 Å². The monoisotopic (exact) mass is 274 g/mol. The summed E-state index contributed by atoms with van der Waals surface area (Å²) in [4.78, 5) is 0. The Morgan fingerprint density at radius 2 is 2.20 bits per heavy atom. The van der Waals surface area contributed by atoms with Gasteiger partial charge in [-0.25, -0.2) is 0 Å². The van der Waals surface area contributed by atoms with Gasteiger partial charge >= 0.3 is 0 Å². The van der Waals surface area contributed by atoms with Gasteiger partial charge in [-0.1, -0.05) is 15.9 Å². The van der Waals surface area contributed by atoms with Gasteiger partial charge in [0.15, 0.2) is 0 Å². The standard InChI is InChI=1S/C10H15BrN2O2/c1-14-6-10(13-12)8-5-7(15-2)3-4-9(8)11/h3-5,10,13H,6,12H2,1-2H3. The first kappa shape index (κ1) is 12.4. The van der Waals surface area contributed by atoms with E-state index in [0.717, 1.165) is 15.8 Å². The average Bonchev–Trinajstić information content (AvgIpc) is 2.27. The van der Waals surface area contributed by atoms with E-state index in [9.17, 15) is 0 Å². The highest BCUT2D eigenvalue weighted by molar-refractivity contribution is 9.10. The molecule has 1 aromatic rings. The molecule has 0 aliphatic rings. The van der Waals surface area contributed by atoms with Crippen LogP contribution in [0.4, 0.5) is 0 Å². The van der Waals surface area contributed by atoms with E-state index >= 15 is 0 Å². The minimum atomic E-state index is -0.0560. The van der Waals surface area contributed by atoms with Crippen LogP contribution in [0.2, 0.25) is 0 Å². The quantitative estimate of drug-likeness (QED) is 0.633. The van der Waals surface area contributed by atoms with Crippen LogP contribution in [0.5, 0.6) is 5.75 Å². The fraction of sp³-hybridized carbons (Fsp3) is 0.400. The molecule has 15 heavy (non-hydrogen) atoms. The van der Waals surface area contributed by atoms with Crippen molar-refractivity contribution in [1.29, 1.82) is 0 Å². The molecular formula is C10H15BrN2O2. The van der Waals surface area contributed by atoms with Crippen LogP contribution in [-0.2, 0) is 4.74 Å². The number of halogens is 1. The van der Waals surface area contributed by atoms with Gasteiger partial charge in [0, 0.05) is 11.6 Å². The minimum Gasteiger partial charge on any atom is -0.497 e. The van der Waals surface area contributed by atoms with E-state index in [1.165, 1.54) is 0 Å². The van der Waals surface area contributed by atoms with Crippen molar-refractivity contribution >= 4 is 15.9 Å². The van der Waals surface area contributed by atoms with E-state index in [-0.39, 0.29) is 6.04 Å². The summed E-state index contributed by atoms with van der Waals surface area (Å²) in [5.41, 5.74) is 3.71. The van der Waals surface area contributed by atoms with Gasteiger partial charge in [0.1, 0.15) is 5.75 Å². The Morgan fingerprint density at radius 1 is 1.47 bits per heavy atom. The van der Waals surface area contributed by atoms with Gasteiger partial charge in [0.25, 0.3) is 0 Å². The van der Waals surface area contributed by atoms with Gasteiger partial charge in [-0.15, -0.1) is 0 Å². The predicted molar refractivity (Wildman–Crippen MR) is 62.6 cm³/mol. The van der Waals surface area contributed by atoms with E-state index in [4.69, 9.17) is 15.3 Å². The van der Waals surface area contributed by atoms with Crippen molar-refractivity contribution in [2.45, 2.75) is 6.04 Å². The maximum absolute atomic E-state index is 5.46. The van der Waals surface area contributed by atoms with Crippen LogP contribution in [0.15, 0.2) is 22.7 Å². The summed E-state index contributed by atoms with van der Waals surface area (Å²) >= 11 is 3.46. The summed E-state index contributed by atoms with van der Waals surface area (Å²) in [6, 6.07) is 5.68. The number of methoxy groups -OCH3 is 2. The number of hydrogen-bond acceptors (Lipinski definition) is 4. The number of nitrogens with one attached hydrogen (secondary N) is 1. The Balaban J connectivity index is 2.98. The molecule has 1 rings (SSSR count). The van der Waals surface area contributed by atoms with E-state index < -0.39 is 0 Å². The molecule has 0 bridgehead atoms. The van der Waals surface area contributed by atoms with Gasteiger partial charge in [0.05, 0.1) is 19.8 Å². The first-order valence-electron chi connectivity index (χ1n) is 4.51. The first-order chi connectivity index (χ1) is 7.22. The summed E-state index contributed by atoms with van der Waals surface area (Å²) in [7, 11) is 3.27. The fourth-order valence-corrected chi connectivity index (χ4v) is 1.83. The molecule has 5 heteroatoms. The molecule has 0 saturated carbocycles. The van der Waals surface area contributed by atoms with Crippen LogP contribution in [0.3, 0.4) is 0 Å². The lowest BCUT2D eigenvalue weighted by Gasteiger charge is -2.17. The molecule has 0 fully saturated rings. The lowest BCUT2D eigenvalue weighted by molar-refractivity contribution is 0.167. The molecule has 0 aliphatic carbocycles. The number of nitrogens with two attached hydrogens (primary N) is 1. The highest BCUT2D eigenvalue weighted by Gasteiger charge is 2.13. The van der Waals surface area contributed by atoms with Crippen molar-refractivity contribution in [1.82, 2.24) is 5.43 Å². The molecule has 4 nitrogen and oxygen atoms in total. The fourth-order valence-electron chi connectivity index (χ4n) is 1.31. The smallest absolute Gasteiger partial charge is 0.119 e. The van der Waals surface area contributed by atoms with Gasteiger partial charge in [0.2, 0.25) is 0 Å². The second-order valence-electron chi connectivity index (χ2n) is 3.06. The summed E-state index contributed by atoms with van der Waals surface area (Å²) in [5.74, 6) is 6.26. The molecule has 1 atom stereocenters. The molecule has 3 N–H and O–H groups in total. The molecule has 0 saturated heterocycles. The zero-order valence-electron chi connectivity index (χ0n) is 8.79. The molecular weight excluding hydrogens is 260 g/mol. The molecule has 0 aromatic heterocycles. The normalized spacial score (nSPS) is 12.5. The van der Waals surface area contributed by atoms with Crippen LogP contribution in [-0.4, -0.2) is 20.8 Å². The number of rotatable bonds is 5. The molecule has 0 amide bonds. The minimum absolute atomic E-state index is 0.0560. The Kier molecular flexibility index (Phi) is 5.04. The van der Waals surface area contributed by atoms with E-state index in [2.05, 4.69) is 21.4 Å². The summed E-state index contributed by atoms with van der Waals surface area (Å²) in [6.07, 6.45) is 0. The van der Waals surface area contributed by atoms with Crippen LogP contribution in [0.1, 0.15) is 11.6 Å². The first-order valence-corrected chi connectivity index (χ1v) is 5.30. The maximum atomic E-state index is 5.46. The number of ether oxygens (including phenoxy) is 2. The van der Waals surface area contributed by atoms with E-state index in [0.29, 0.717) is 6.61 Å². The van der Waals surface area contributed by atoms with Crippen molar-refractivity contribution < 1.29 is 9.47 Å². The third kappa shape index (κ3) is 3.17. The van der Waals surface area contributed by atoms with Gasteiger partial charge < -0.3 is 9.47 Å². The van der Waals surface area contributed by atoms with E-state index in [1.807, 2.05) is 18.2 Å². The maximum Gasteiger partial charge on any atom is 0.119 e. The number of hydrazine groups is 1.